The third-order valence-electron chi connectivity index (χ3n) is 4.51. The predicted octanol–water partition coefficient (Wildman–Crippen LogP) is 5.00. The van der Waals surface area contributed by atoms with Gasteiger partial charge in [0.25, 0.3) is 0 Å². The first kappa shape index (κ1) is 16.9. The molecule has 0 N–H and O–H groups in total. The third-order valence-corrected chi connectivity index (χ3v) is 6.19. The number of benzene rings is 2. The molecule has 3 nitrogen and oxygen atoms in total. The maximum absolute atomic E-state index is 12.9. The lowest BCUT2D eigenvalue weighted by molar-refractivity contribution is 0.653. The van der Waals surface area contributed by atoms with E-state index in [2.05, 4.69) is 31.8 Å². The molecular weight excluding hydrogens is 420 g/mol. The summed E-state index contributed by atoms with van der Waals surface area (Å²) in [6, 6.07) is 13.8. The highest BCUT2D eigenvalue weighted by molar-refractivity contribution is 9.10. The monoisotopic (exact) mass is 434 g/mol. The third kappa shape index (κ3) is 3.41. The second-order valence-corrected chi connectivity index (χ2v) is 8.31. The molecule has 0 saturated carbocycles. The van der Waals surface area contributed by atoms with E-state index >= 15 is 0 Å². The summed E-state index contributed by atoms with van der Waals surface area (Å²) in [6.07, 6.45) is 0. The maximum atomic E-state index is 12.9. The molecule has 0 bridgehead atoms. The van der Waals surface area contributed by atoms with Crippen molar-refractivity contribution in [1.82, 2.24) is 0 Å². The molecule has 6 heteroatoms. The summed E-state index contributed by atoms with van der Waals surface area (Å²) >= 11 is 11.2. The normalized spacial score (nSPS) is 15.0. The lowest BCUT2D eigenvalue weighted by Gasteiger charge is -2.37. The summed E-state index contributed by atoms with van der Waals surface area (Å²) in [5.74, 6) is 0. The molecule has 1 aromatic heterocycles. The number of piperazine rings is 1. The van der Waals surface area contributed by atoms with Crippen LogP contribution in [0.3, 0.4) is 0 Å². The minimum absolute atomic E-state index is 0.117. The van der Waals surface area contributed by atoms with Crippen molar-refractivity contribution in [3.8, 4) is 0 Å². The Hall–Kier alpha value is -1.56. The summed E-state index contributed by atoms with van der Waals surface area (Å²) in [6.45, 7) is 3.41. The summed E-state index contributed by atoms with van der Waals surface area (Å²) in [4.78, 5) is 17.4. The van der Waals surface area contributed by atoms with Gasteiger partial charge in [-0.1, -0.05) is 33.6 Å². The molecule has 0 amide bonds. The zero-order valence-corrected chi connectivity index (χ0v) is 16.6. The summed E-state index contributed by atoms with van der Waals surface area (Å²) in [5, 5.41) is 3.53. The van der Waals surface area contributed by atoms with Gasteiger partial charge in [-0.2, -0.15) is 0 Å². The van der Waals surface area contributed by atoms with Crippen LogP contribution >= 0.6 is 38.9 Å². The van der Waals surface area contributed by atoms with Crippen LogP contribution in [0.25, 0.3) is 10.1 Å². The molecule has 1 saturated heterocycles. The molecule has 128 valence electrons. The van der Waals surface area contributed by atoms with Crippen LogP contribution in [0, 0.1) is 0 Å². The first-order chi connectivity index (χ1) is 12.1. The minimum atomic E-state index is 0.117. The van der Waals surface area contributed by atoms with Gasteiger partial charge in [0.05, 0.1) is 5.69 Å². The number of rotatable bonds is 2. The summed E-state index contributed by atoms with van der Waals surface area (Å²) in [7, 11) is 0. The van der Waals surface area contributed by atoms with Crippen molar-refractivity contribution in [1.29, 1.82) is 0 Å². The van der Waals surface area contributed by atoms with E-state index < -0.39 is 0 Å². The van der Waals surface area contributed by atoms with E-state index in [9.17, 15) is 4.79 Å². The van der Waals surface area contributed by atoms with Crippen molar-refractivity contribution < 1.29 is 0 Å². The Morgan fingerprint density at radius 3 is 2.52 bits per heavy atom. The van der Waals surface area contributed by atoms with Gasteiger partial charge in [-0.25, -0.2) is 0 Å². The van der Waals surface area contributed by atoms with Crippen LogP contribution in [0.2, 0.25) is 5.02 Å². The van der Waals surface area contributed by atoms with Crippen molar-refractivity contribution in [2.24, 2.45) is 0 Å². The molecule has 1 aliphatic heterocycles. The van der Waals surface area contributed by atoms with E-state index in [0.717, 1.165) is 57.1 Å². The van der Waals surface area contributed by atoms with Crippen molar-refractivity contribution in [2.45, 2.75) is 0 Å². The van der Waals surface area contributed by atoms with Crippen molar-refractivity contribution >= 4 is 60.3 Å². The van der Waals surface area contributed by atoms with Crippen LogP contribution < -0.4 is 15.2 Å². The molecule has 1 fully saturated rings. The summed E-state index contributed by atoms with van der Waals surface area (Å²) in [5.41, 5.74) is 2.06. The molecule has 3 aromatic rings. The Morgan fingerprint density at radius 2 is 1.76 bits per heavy atom. The number of nitrogens with zero attached hydrogens (tertiary/aromatic N) is 2. The number of hydrogen-bond acceptors (Lipinski definition) is 4. The van der Waals surface area contributed by atoms with Gasteiger partial charge in [-0.15, -0.1) is 11.3 Å². The van der Waals surface area contributed by atoms with Crippen LogP contribution in [-0.2, 0) is 0 Å². The highest BCUT2D eigenvalue weighted by Crippen LogP contribution is 2.26. The quantitative estimate of drug-likeness (QED) is 0.566. The first-order valence-corrected chi connectivity index (χ1v) is 10.1. The molecule has 0 radical (unpaired) electrons. The fourth-order valence-corrected chi connectivity index (χ4v) is 4.66. The van der Waals surface area contributed by atoms with Crippen molar-refractivity contribution in [2.75, 3.05) is 36.0 Å². The largest absolute Gasteiger partial charge is 0.368 e. The van der Waals surface area contributed by atoms with Gasteiger partial charge in [-0.3, -0.25) is 4.79 Å². The summed E-state index contributed by atoms with van der Waals surface area (Å²) < 4.78 is 1.96. The first-order valence-electron chi connectivity index (χ1n) is 8.08. The number of hydrogen-bond donors (Lipinski definition) is 0. The maximum Gasteiger partial charge on any atom is 0.211 e. The molecule has 0 unspecified atom stereocenters. The van der Waals surface area contributed by atoms with Crippen molar-refractivity contribution in [3.05, 3.63) is 67.6 Å². The molecule has 0 spiro atoms. The molecular formula is C19H16BrClN2OS. The second-order valence-electron chi connectivity index (χ2n) is 6.04. The minimum Gasteiger partial charge on any atom is -0.368 e. The Labute approximate surface area is 163 Å². The Balaban J connectivity index is 1.57. The SMILES string of the molecule is O=c1c(N2CCN(c3cccc(Cl)c3)CC2)csc2ccc(Br)cc12. The highest BCUT2D eigenvalue weighted by atomic mass is 79.9. The van der Waals surface area contributed by atoms with Gasteiger partial charge in [0.15, 0.2) is 0 Å². The predicted molar refractivity (Wildman–Crippen MR) is 112 cm³/mol. The van der Waals surface area contributed by atoms with Crippen molar-refractivity contribution in [3.63, 3.8) is 0 Å². The highest BCUT2D eigenvalue weighted by Gasteiger charge is 2.20. The van der Waals surface area contributed by atoms with Gasteiger partial charge in [0, 0.05) is 56.8 Å². The smallest absolute Gasteiger partial charge is 0.211 e. The number of fused-ring (bicyclic) bond motifs is 1. The van der Waals surface area contributed by atoms with Gasteiger partial charge < -0.3 is 9.80 Å². The molecule has 0 aliphatic carbocycles. The second kappa shape index (κ2) is 6.98. The zero-order chi connectivity index (χ0) is 17.4. The van der Waals surface area contributed by atoms with E-state index in [1.54, 1.807) is 11.3 Å². The van der Waals surface area contributed by atoms with E-state index in [1.165, 1.54) is 0 Å². The zero-order valence-electron chi connectivity index (χ0n) is 13.4. The van der Waals surface area contributed by atoms with Gasteiger partial charge >= 0.3 is 0 Å². The Morgan fingerprint density at radius 1 is 1.00 bits per heavy atom. The van der Waals surface area contributed by atoms with E-state index in [1.807, 2.05) is 41.8 Å². The van der Waals surface area contributed by atoms with E-state index in [0.29, 0.717) is 0 Å². The fraction of sp³-hybridized carbons (Fsp3) is 0.211. The van der Waals surface area contributed by atoms with E-state index in [-0.39, 0.29) is 5.43 Å². The average molecular weight is 436 g/mol. The van der Waals surface area contributed by atoms with Crippen LogP contribution in [0.5, 0.6) is 0 Å². The van der Waals surface area contributed by atoms with Gasteiger partial charge in [0.2, 0.25) is 5.43 Å². The van der Waals surface area contributed by atoms with Gasteiger partial charge in [0.1, 0.15) is 0 Å². The molecule has 1 aliphatic rings. The molecule has 0 atom stereocenters. The molecule has 2 heterocycles. The van der Waals surface area contributed by atoms with Crippen LogP contribution in [-0.4, -0.2) is 26.2 Å². The van der Waals surface area contributed by atoms with Crippen LogP contribution in [0.4, 0.5) is 11.4 Å². The van der Waals surface area contributed by atoms with Gasteiger partial charge in [-0.05, 0) is 36.4 Å². The van der Waals surface area contributed by atoms with Crippen LogP contribution in [0.1, 0.15) is 0 Å². The molecule has 25 heavy (non-hydrogen) atoms. The standard InChI is InChI=1S/C19H16BrClN2OS/c20-13-4-5-18-16(10-13)19(24)17(12-25-18)23-8-6-22(7-9-23)15-3-1-2-14(21)11-15/h1-5,10-12H,6-9H2. The Kier molecular flexibility index (Phi) is 4.71. The number of anilines is 2. The lowest BCUT2D eigenvalue weighted by atomic mass is 10.2. The number of halogens is 2. The lowest BCUT2D eigenvalue weighted by Crippen LogP contribution is -2.47. The average Bonchev–Trinajstić information content (AvgIpc) is 2.63. The van der Waals surface area contributed by atoms with Crippen LogP contribution in [0.15, 0.2) is 57.1 Å². The fourth-order valence-electron chi connectivity index (χ4n) is 3.19. The topological polar surface area (TPSA) is 23.6 Å². The molecule has 2 aromatic carbocycles. The molecule has 4 rings (SSSR count). The van der Waals surface area contributed by atoms with E-state index in [4.69, 9.17) is 11.6 Å². The Bertz CT molecular complexity index is 983.